The number of halogens is 7. The molecule has 76 valence electrons. The van der Waals surface area contributed by atoms with Crippen LogP contribution in [0.15, 0.2) is 0 Å². The molecule has 1 rings (SSSR count). The third kappa shape index (κ3) is 1.44. The Morgan fingerprint density at radius 3 is 1.14 bits per heavy atom. The van der Waals surface area contributed by atoms with Gasteiger partial charge in [-0.3, -0.25) is 8.63 Å². The minimum Gasteiger partial charge on any atom is -0.281 e. The van der Waals surface area contributed by atoms with Crippen LogP contribution in [-0.4, -0.2) is 7.27 Å². The van der Waals surface area contributed by atoms with Gasteiger partial charge in [0.2, 0.25) is 0 Å². The first-order valence-corrected chi connectivity index (χ1v) is 3.17. The molecule has 0 saturated heterocycles. The zero-order chi connectivity index (χ0) is 11.0. The van der Waals surface area contributed by atoms with Gasteiger partial charge < -0.3 is 0 Å². The highest BCUT2D eigenvalue weighted by Crippen LogP contribution is 2.17. The van der Waals surface area contributed by atoms with Crippen molar-refractivity contribution in [3.63, 3.8) is 0 Å². The SMILES string of the molecule is FB(F)c1c(F)c(F)c(F)c(F)c1F. The fourth-order valence-corrected chi connectivity index (χ4v) is 0.813. The van der Waals surface area contributed by atoms with E-state index in [1.807, 2.05) is 0 Å². The molecule has 0 fully saturated rings. The molecule has 0 unspecified atom stereocenters. The molecule has 0 N–H and O–H groups in total. The molecule has 0 radical (unpaired) electrons. The highest BCUT2D eigenvalue weighted by atomic mass is 19.2. The molecule has 0 heterocycles. The van der Waals surface area contributed by atoms with Crippen molar-refractivity contribution in [3.8, 4) is 0 Å². The second-order valence-electron chi connectivity index (χ2n) is 2.28. The Bertz CT molecular complexity index is 346. The summed E-state index contributed by atoms with van der Waals surface area (Å²) >= 11 is 0. The second-order valence-corrected chi connectivity index (χ2v) is 2.28. The van der Waals surface area contributed by atoms with E-state index in [1.54, 1.807) is 0 Å². The van der Waals surface area contributed by atoms with Crippen LogP contribution in [0.2, 0.25) is 0 Å². The van der Waals surface area contributed by atoms with Crippen molar-refractivity contribution in [2.45, 2.75) is 0 Å². The van der Waals surface area contributed by atoms with Crippen molar-refractivity contribution in [1.29, 1.82) is 0 Å². The molecule has 1 aromatic rings. The van der Waals surface area contributed by atoms with Crippen molar-refractivity contribution in [2.75, 3.05) is 0 Å². The fraction of sp³-hybridized carbons (Fsp3) is 0. The molecule has 0 aromatic heterocycles. The van der Waals surface area contributed by atoms with Gasteiger partial charge in [0.25, 0.3) is 0 Å². The topological polar surface area (TPSA) is 0 Å². The van der Waals surface area contributed by atoms with Gasteiger partial charge >= 0.3 is 7.27 Å². The molecular weight excluding hydrogens is 216 g/mol. The Hall–Kier alpha value is -1.21. The summed E-state index contributed by atoms with van der Waals surface area (Å²) in [6.07, 6.45) is 0. The van der Waals surface area contributed by atoms with E-state index < -0.39 is 41.8 Å². The van der Waals surface area contributed by atoms with Gasteiger partial charge in [0, 0.05) is 0 Å². The van der Waals surface area contributed by atoms with E-state index in [2.05, 4.69) is 0 Å². The first-order valence-electron chi connectivity index (χ1n) is 3.17. The lowest BCUT2D eigenvalue weighted by Crippen LogP contribution is -2.31. The summed E-state index contributed by atoms with van der Waals surface area (Å²) in [5.41, 5.74) is -2.11. The van der Waals surface area contributed by atoms with Crippen LogP contribution in [0.1, 0.15) is 0 Å². The average molecular weight is 216 g/mol. The molecule has 0 nitrogen and oxygen atoms in total. The lowest BCUT2D eigenvalue weighted by Gasteiger charge is -2.04. The summed E-state index contributed by atoms with van der Waals surface area (Å²) in [5.74, 6) is -12.2. The molecule has 0 aliphatic rings. The molecule has 0 aliphatic heterocycles. The normalized spacial score (nSPS) is 10.5. The van der Waals surface area contributed by atoms with E-state index in [-0.39, 0.29) is 0 Å². The summed E-state index contributed by atoms with van der Waals surface area (Å²) in [7, 11) is -3.76. The van der Waals surface area contributed by atoms with E-state index in [1.165, 1.54) is 0 Å². The quantitative estimate of drug-likeness (QED) is 0.291. The molecule has 14 heavy (non-hydrogen) atoms. The van der Waals surface area contributed by atoms with E-state index in [9.17, 15) is 30.6 Å². The maximum Gasteiger partial charge on any atom is 0.578 e. The van der Waals surface area contributed by atoms with Crippen LogP contribution in [0.4, 0.5) is 30.6 Å². The Morgan fingerprint density at radius 2 is 0.857 bits per heavy atom. The van der Waals surface area contributed by atoms with E-state index in [0.717, 1.165) is 0 Å². The monoisotopic (exact) mass is 216 g/mol. The molecule has 0 aliphatic carbocycles. The van der Waals surface area contributed by atoms with Gasteiger partial charge in [0.1, 0.15) is 0 Å². The molecule has 0 saturated carbocycles. The van der Waals surface area contributed by atoms with E-state index in [0.29, 0.717) is 0 Å². The third-order valence-corrected chi connectivity index (χ3v) is 1.46. The van der Waals surface area contributed by atoms with Crippen molar-refractivity contribution >= 4 is 12.7 Å². The molecule has 0 atom stereocenters. The van der Waals surface area contributed by atoms with Crippen molar-refractivity contribution in [2.24, 2.45) is 0 Å². The Balaban J connectivity index is 3.60. The highest BCUT2D eigenvalue weighted by Gasteiger charge is 2.33. The van der Waals surface area contributed by atoms with Crippen LogP contribution in [0.5, 0.6) is 0 Å². The lowest BCUT2D eigenvalue weighted by molar-refractivity contribution is 0.382. The predicted octanol–water partition coefficient (Wildman–Crippen LogP) is 2.02. The van der Waals surface area contributed by atoms with E-state index >= 15 is 0 Å². The van der Waals surface area contributed by atoms with Crippen LogP contribution >= 0.6 is 0 Å². The Kier molecular flexibility index (Phi) is 2.72. The largest absolute Gasteiger partial charge is 0.578 e. The molecule has 1 aromatic carbocycles. The molecular formula is C6BF7. The van der Waals surface area contributed by atoms with E-state index in [4.69, 9.17) is 0 Å². The summed E-state index contributed by atoms with van der Waals surface area (Å²) in [5, 5.41) is 0. The van der Waals surface area contributed by atoms with Gasteiger partial charge in [-0.1, -0.05) is 0 Å². The van der Waals surface area contributed by atoms with Crippen LogP contribution in [0.25, 0.3) is 0 Å². The number of hydrogen-bond acceptors (Lipinski definition) is 0. The lowest BCUT2D eigenvalue weighted by atomic mass is 9.84. The number of benzene rings is 1. The zero-order valence-corrected chi connectivity index (χ0v) is 6.22. The Morgan fingerprint density at radius 1 is 0.571 bits per heavy atom. The second kappa shape index (κ2) is 3.51. The minimum absolute atomic E-state index is 2.11. The first-order chi connectivity index (χ1) is 6.37. The minimum atomic E-state index is -3.76. The molecule has 8 heteroatoms. The van der Waals surface area contributed by atoms with Gasteiger partial charge in [-0.05, 0) is 0 Å². The van der Waals surface area contributed by atoms with Crippen molar-refractivity contribution in [1.82, 2.24) is 0 Å². The zero-order valence-electron chi connectivity index (χ0n) is 6.22. The van der Waals surface area contributed by atoms with Crippen molar-refractivity contribution < 1.29 is 30.6 Å². The number of hydrogen-bond donors (Lipinski definition) is 0. The first kappa shape index (κ1) is 10.9. The predicted molar refractivity (Wildman–Crippen MR) is 33.8 cm³/mol. The van der Waals surface area contributed by atoms with Gasteiger partial charge in [0.15, 0.2) is 29.1 Å². The summed E-state index contributed by atoms with van der Waals surface area (Å²) in [4.78, 5) is 0. The van der Waals surface area contributed by atoms with Crippen LogP contribution < -0.4 is 5.46 Å². The standard InChI is InChI=1S/C6BF7/c8-2-1(7(13)14)3(9)5(11)6(12)4(2)10. The summed E-state index contributed by atoms with van der Waals surface area (Å²) in [6.45, 7) is 0. The summed E-state index contributed by atoms with van der Waals surface area (Å²) in [6, 6.07) is 0. The van der Waals surface area contributed by atoms with Crippen LogP contribution in [0, 0.1) is 29.1 Å². The van der Waals surface area contributed by atoms with Crippen LogP contribution in [-0.2, 0) is 0 Å². The average Bonchev–Trinajstić information content (AvgIpc) is 2.11. The molecule has 0 amide bonds. The molecule has 0 spiro atoms. The van der Waals surface area contributed by atoms with Crippen molar-refractivity contribution in [3.05, 3.63) is 29.1 Å². The maximum atomic E-state index is 12.5. The van der Waals surface area contributed by atoms with Gasteiger partial charge in [-0.25, -0.2) is 22.0 Å². The Labute approximate surface area is 73.5 Å². The van der Waals surface area contributed by atoms with Crippen LogP contribution in [0.3, 0.4) is 0 Å². The van der Waals surface area contributed by atoms with Gasteiger partial charge in [-0.2, -0.15) is 0 Å². The van der Waals surface area contributed by atoms with Gasteiger partial charge in [-0.15, -0.1) is 0 Å². The highest BCUT2D eigenvalue weighted by molar-refractivity contribution is 6.60. The summed E-state index contributed by atoms with van der Waals surface area (Å²) < 4.78 is 85.4. The number of rotatable bonds is 1. The van der Waals surface area contributed by atoms with Gasteiger partial charge in [0.05, 0.1) is 5.46 Å². The fourth-order valence-electron chi connectivity index (χ4n) is 0.813. The smallest absolute Gasteiger partial charge is 0.281 e. The maximum absolute atomic E-state index is 12.5. The molecule has 0 bridgehead atoms. The third-order valence-electron chi connectivity index (χ3n) is 1.46.